The molecule has 0 amide bonds. The molecule has 0 aromatic carbocycles. The molecule has 0 saturated carbocycles. The summed E-state index contributed by atoms with van der Waals surface area (Å²) in [5.74, 6) is 0.488. The minimum absolute atomic E-state index is 0.171. The Hall–Kier alpha value is -0.410. The summed E-state index contributed by atoms with van der Waals surface area (Å²) in [6, 6.07) is 0.331. The SMILES string of the molecule is O=C1CNC2COCC12. The van der Waals surface area contributed by atoms with Crippen LogP contribution >= 0.6 is 0 Å². The molecule has 2 saturated heterocycles. The highest BCUT2D eigenvalue weighted by atomic mass is 16.5. The number of ether oxygens (including phenoxy) is 1. The van der Waals surface area contributed by atoms with Crippen molar-refractivity contribution in [3.8, 4) is 0 Å². The molecular weight excluding hydrogens is 118 g/mol. The van der Waals surface area contributed by atoms with E-state index in [4.69, 9.17) is 4.74 Å². The van der Waals surface area contributed by atoms with Crippen molar-refractivity contribution in [2.24, 2.45) is 5.92 Å². The smallest absolute Gasteiger partial charge is 0.153 e. The second kappa shape index (κ2) is 1.78. The zero-order chi connectivity index (χ0) is 6.27. The lowest BCUT2D eigenvalue weighted by Gasteiger charge is -2.00. The first-order valence-electron chi connectivity index (χ1n) is 3.22. The quantitative estimate of drug-likeness (QED) is 0.461. The molecule has 0 spiro atoms. The van der Waals surface area contributed by atoms with Gasteiger partial charge in [-0.05, 0) is 0 Å². The number of carbonyl (C=O) groups is 1. The molecule has 2 rings (SSSR count). The fraction of sp³-hybridized carbons (Fsp3) is 0.833. The highest BCUT2D eigenvalue weighted by Gasteiger charge is 2.38. The minimum Gasteiger partial charge on any atom is -0.379 e. The molecule has 50 valence electrons. The van der Waals surface area contributed by atoms with E-state index < -0.39 is 0 Å². The van der Waals surface area contributed by atoms with Crippen LogP contribution < -0.4 is 5.32 Å². The summed E-state index contributed by atoms with van der Waals surface area (Å²) in [5.41, 5.74) is 0. The van der Waals surface area contributed by atoms with Crippen LogP contribution in [0.5, 0.6) is 0 Å². The second-order valence-corrected chi connectivity index (χ2v) is 2.60. The Labute approximate surface area is 53.4 Å². The van der Waals surface area contributed by atoms with Gasteiger partial charge in [0.1, 0.15) is 0 Å². The van der Waals surface area contributed by atoms with E-state index in [9.17, 15) is 4.79 Å². The Morgan fingerprint density at radius 3 is 3.22 bits per heavy atom. The van der Waals surface area contributed by atoms with Crippen LogP contribution in [0.4, 0.5) is 0 Å². The molecule has 0 aliphatic carbocycles. The Bertz CT molecular complexity index is 146. The van der Waals surface area contributed by atoms with Gasteiger partial charge in [0.25, 0.3) is 0 Å². The summed E-state index contributed by atoms with van der Waals surface area (Å²) in [5, 5.41) is 3.09. The monoisotopic (exact) mass is 127 g/mol. The van der Waals surface area contributed by atoms with Gasteiger partial charge in [0.05, 0.1) is 25.7 Å². The molecule has 2 unspecified atom stereocenters. The van der Waals surface area contributed by atoms with Gasteiger partial charge in [-0.1, -0.05) is 0 Å². The van der Waals surface area contributed by atoms with Gasteiger partial charge in [0, 0.05) is 6.04 Å². The van der Waals surface area contributed by atoms with Gasteiger partial charge in [0.15, 0.2) is 5.78 Å². The summed E-state index contributed by atoms with van der Waals surface area (Å²) in [6.45, 7) is 1.91. The van der Waals surface area contributed by atoms with E-state index in [1.165, 1.54) is 0 Å². The lowest BCUT2D eigenvalue weighted by molar-refractivity contribution is -0.119. The van der Waals surface area contributed by atoms with Gasteiger partial charge >= 0.3 is 0 Å². The molecule has 3 heteroatoms. The van der Waals surface area contributed by atoms with Gasteiger partial charge in [0.2, 0.25) is 0 Å². The number of nitrogens with one attached hydrogen (secondary N) is 1. The standard InChI is InChI=1S/C6H9NO2/c8-6-1-7-5-3-9-2-4(5)6/h4-5,7H,1-3H2. The zero-order valence-corrected chi connectivity index (χ0v) is 5.09. The summed E-state index contributed by atoms with van der Waals surface area (Å²) >= 11 is 0. The number of hydrogen-bond donors (Lipinski definition) is 1. The zero-order valence-electron chi connectivity index (χ0n) is 5.09. The average molecular weight is 127 g/mol. The Kier molecular flexibility index (Phi) is 1.07. The number of hydrogen-bond acceptors (Lipinski definition) is 3. The van der Waals surface area contributed by atoms with Gasteiger partial charge in [-0.15, -0.1) is 0 Å². The van der Waals surface area contributed by atoms with Crippen LogP contribution in [0.3, 0.4) is 0 Å². The topological polar surface area (TPSA) is 38.3 Å². The number of carbonyl (C=O) groups excluding carboxylic acids is 1. The summed E-state index contributed by atoms with van der Waals surface area (Å²) in [4.78, 5) is 10.9. The number of fused-ring (bicyclic) bond motifs is 1. The van der Waals surface area contributed by atoms with E-state index in [2.05, 4.69) is 5.32 Å². The normalized spacial score (nSPS) is 41.6. The largest absolute Gasteiger partial charge is 0.379 e. The van der Waals surface area contributed by atoms with Crippen LogP contribution in [0.2, 0.25) is 0 Å². The van der Waals surface area contributed by atoms with Crippen molar-refractivity contribution in [3.63, 3.8) is 0 Å². The van der Waals surface area contributed by atoms with Crippen LogP contribution in [0.25, 0.3) is 0 Å². The van der Waals surface area contributed by atoms with E-state index in [1.807, 2.05) is 0 Å². The molecule has 1 N–H and O–H groups in total. The van der Waals surface area contributed by atoms with Crippen LogP contribution in [0.15, 0.2) is 0 Å². The molecule has 0 aromatic rings. The fourth-order valence-electron chi connectivity index (χ4n) is 1.44. The minimum atomic E-state index is 0.171. The van der Waals surface area contributed by atoms with Crippen molar-refractivity contribution >= 4 is 5.78 Å². The number of Topliss-reactive ketones (excluding diaryl/α,β-unsaturated/α-hetero) is 1. The molecule has 0 aromatic heterocycles. The van der Waals surface area contributed by atoms with Crippen molar-refractivity contribution < 1.29 is 9.53 Å². The van der Waals surface area contributed by atoms with Gasteiger partial charge in [-0.2, -0.15) is 0 Å². The third kappa shape index (κ3) is 0.686. The molecule has 2 fully saturated rings. The maximum Gasteiger partial charge on any atom is 0.153 e. The van der Waals surface area contributed by atoms with E-state index in [-0.39, 0.29) is 5.92 Å². The first-order valence-corrected chi connectivity index (χ1v) is 3.22. The molecule has 2 aliphatic rings. The molecular formula is C6H9NO2. The lowest BCUT2D eigenvalue weighted by Crippen LogP contribution is -2.25. The Balaban J connectivity index is 2.15. The molecule has 0 radical (unpaired) electrons. The molecule has 2 heterocycles. The third-order valence-corrected chi connectivity index (χ3v) is 2.03. The number of rotatable bonds is 0. The molecule has 0 bridgehead atoms. The summed E-state index contributed by atoms with van der Waals surface area (Å²) < 4.78 is 5.10. The molecule has 9 heavy (non-hydrogen) atoms. The van der Waals surface area contributed by atoms with Crippen molar-refractivity contribution in [1.82, 2.24) is 5.32 Å². The highest BCUT2D eigenvalue weighted by Crippen LogP contribution is 2.18. The van der Waals surface area contributed by atoms with E-state index >= 15 is 0 Å². The second-order valence-electron chi connectivity index (χ2n) is 2.60. The Morgan fingerprint density at radius 1 is 1.56 bits per heavy atom. The maximum atomic E-state index is 10.9. The highest BCUT2D eigenvalue weighted by molar-refractivity contribution is 5.86. The molecule has 2 aliphatic heterocycles. The van der Waals surface area contributed by atoms with Crippen molar-refractivity contribution in [3.05, 3.63) is 0 Å². The van der Waals surface area contributed by atoms with E-state index in [0.717, 1.165) is 6.61 Å². The summed E-state index contributed by atoms with van der Waals surface area (Å²) in [7, 11) is 0. The third-order valence-electron chi connectivity index (χ3n) is 2.03. The van der Waals surface area contributed by atoms with Gasteiger partial charge in [-0.25, -0.2) is 0 Å². The first-order chi connectivity index (χ1) is 4.38. The summed E-state index contributed by atoms with van der Waals surface area (Å²) in [6.07, 6.45) is 0. The van der Waals surface area contributed by atoms with Crippen LogP contribution in [0, 0.1) is 5.92 Å². The van der Waals surface area contributed by atoms with Gasteiger partial charge in [-0.3, -0.25) is 4.79 Å². The molecule has 2 atom stereocenters. The van der Waals surface area contributed by atoms with Crippen LogP contribution in [-0.4, -0.2) is 31.6 Å². The predicted molar refractivity (Wildman–Crippen MR) is 31.1 cm³/mol. The van der Waals surface area contributed by atoms with Crippen molar-refractivity contribution in [2.75, 3.05) is 19.8 Å². The van der Waals surface area contributed by atoms with E-state index in [1.54, 1.807) is 0 Å². The Morgan fingerprint density at radius 2 is 2.44 bits per heavy atom. The average Bonchev–Trinajstić information content (AvgIpc) is 2.35. The maximum absolute atomic E-state index is 10.9. The van der Waals surface area contributed by atoms with Crippen molar-refractivity contribution in [1.29, 1.82) is 0 Å². The first kappa shape index (κ1) is 5.38. The molecule has 3 nitrogen and oxygen atoms in total. The van der Waals surface area contributed by atoms with Crippen LogP contribution in [0.1, 0.15) is 0 Å². The number of ketones is 1. The van der Waals surface area contributed by atoms with Crippen molar-refractivity contribution in [2.45, 2.75) is 6.04 Å². The van der Waals surface area contributed by atoms with E-state index in [0.29, 0.717) is 25.0 Å². The van der Waals surface area contributed by atoms with Gasteiger partial charge < -0.3 is 10.1 Å². The predicted octanol–water partition coefficient (Wildman–Crippen LogP) is -0.826. The lowest BCUT2D eigenvalue weighted by atomic mass is 10.0. The fourth-order valence-corrected chi connectivity index (χ4v) is 1.44. The van der Waals surface area contributed by atoms with Crippen LogP contribution in [-0.2, 0) is 9.53 Å².